The Labute approximate surface area is 237 Å². The van der Waals surface area contributed by atoms with Crippen molar-refractivity contribution in [3.05, 3.63) is 59.7 Å². The molecule has 4 atom stereocenters. The largest absolute Gasteiger partial charge is 0.496 e. The fourth-order valence-electron chi connectivity index (χ4n) is 6.07. The Morgan fingerprint density at radius 2 is 1.07 bits per heavy atom. The van der Waals surface area contributed by atoms with E-state index >= 15 is 0 Å². The van der Waals surface area contributed by atoms with E-state index in [4.69, 9.17) is 14.2 Å². The molecule has 2 heterocycles. The molecule has 41 heavy (non-hydrogen) atoms. The van der Waals surface area contributed by atoms with Crippen molar-refractivity contribution in [3.8, 4) is 11.5 Å². The fraction of sp³-hybridized carbons (Fsp3) is 0.600. The van der Waals surface area contributed by atoms with Gasteiger partial charge in [0.15, 0.2) is 12.2 Å². The number of methoxy groups -OCH3 is 2. The molecule has 4 unspecified atom stereocenters. The molecule has 2 fully saturated rings. The number of rotatable bonds is 10. The molecule has 11 heteroatoms. The summed E-state index contributed by atoms with van der Waals surface area (Å²) in [6.45, 7) is -0.0630. The van der Waals surface area contributed by atoms with Crippen molar-refractivity contribution in [2.45, 2.75) is 62.1 Å². The lowest BCUT2D eigenvalue weighted by atomic mass is 9.89. The van der Waals surface area contributed by atoms with Crippen LogP contribution in [0.4, 0.5) is 26.3 Å². The Morgan fingerprint density at radius 3 is 1.44 bits per heavy atom. The predicted molar refractivity (Wildman–Crippen MR) is 144 cm³/mol. The second-order valence-electron chi connectivity index (χ2n) is 10.9. The molecule has 0 saturated carbocycles. The van der Waals surface area contributed by atoms with E-state index in [0.29, 0.717) is 37.4 Å². The number of alkyl halides is 6. The zero-order chi connectivity index (χ0) is 29.6. The Bertz CT molecular complexity index is 1030. The minimum absolute atomic E-state index is 0.0903. The van der Waals surface area contributed by atoms with Gasteiger partial charge >= 0.3 is 12.4 Å². The van der Waals surface area contributed by atoms with Gasteiger partial charge < -0.3 is 14.2 Å². The lowest BCUT2D eigenvalue weighted by molar-refractivity contribution is -0.290. The molecule has 0 aliphatic carbocycles. The highest BCUT2D eigenvalue weighted by Crippen LogP contribution is 2.37. The Balaban J connectivity index is 1.45. The van der Waals surface area contributed by atoms with Crippen molar-refractivity contribution in [2.24, 2.45) is 0 Å². The lowest BCUT2D eigenvalue weighted by Crippen LogP contribution is -2.52. The summed E-state index contributed by atoms with van der Waals surface area (Å²) in [6.07, 6.45) is -12.3. The first-order valence-electron chi connectivity index (χ1n) is 14.0. The summed E-state index contributed by atoms with van der Waals surface area (Å²) < 4.78 is 101. The third-order valence-corrected chi connectivity index (χ3v) is 8.08. The zero-order valence-electron chi connectivity index (χ0n) is 23.4. The van der Waals surface area contributed by atoms with Gasteiger partial charge in [-0.2, -0.15) is 26.3 Å². The summed E-state index contributed by atoms with van der Waals surface area (Å²) in [7, 11) is 3.07. The van der Waals surface area contributed by atoms with E-state index in [1.54, 1.807) is 21.9 Å². The van der Waals surface area contributed by atoms with Gasteiger partial charge in [0.25, 0.3) is 0 Å². The van der Waals surface area contributed by atoms with Crippen LogP contribution in [-0.2, 0) is 4.74 Å². The summed E-state index contributed by atoms with van der Waals surface area (Å²) in [5, 5.41) is 0. The maximum Gasteiger partial charge on any atom is 0.415 e. The van der Waals surface area contributed by atoms with E-state index in [-0.39, 0.29) is 24.9 Å². The molecule has 0 spiro atoms. The standard InChI is InChI=1S/C30H38F6N2O3/c1-39-25-13-5-3-11-23(25)21-9-7-15-37(17-21)19-27(29(31,32)33)41-28(30(34,35)36)20-38-16-8-10-22(18-38)24-12-4-6-14-26(24)40-2/h3-6,11-14,21-22,27-28H,7-10,15-20H2,1-2H3. The molecule has 2 aromatic carbocycles. The van der Waals surface area contributed by atoms with Crippen molar-refractivity contribution < 1.29 is 40.6 Å². The monoisotopic (exact) mass is 588 g/mol. The van der Waals surface area contributed by atoms with E-state index in [0.717, 1.165) is 24.0 Å². The molecule has 2 aromatic rings. The van der Waals surface area contributed by atoms with Crippen LogP contribution in [-0.4, -0.2) is 87.8 Å². The molecule has 2 saturated heterocycles. The average Bonchev–Trinajstić information content (AvgIpc) is 2.95. The van der Waals surface area contributed by atoms with E-state index < -0.39 is 37.7 Å². The Morgan fingerprint density at radius 1 is 0.683 bits per heavy atom. The van der Waals surface area contributed by atoms with Crippen LogP contribution in [0.5, 0.6) is 11.5 Å². The van der Waals surface area contributed by atoms with Crippen LogP contribution < -0.4 is 9.47 Å². The highest BCUT2D eigenvalue weighted by atomic mass is 19.4. The van der Waals surface area contributed by atoms with Crippen LogP contribution in [0.25, 0.3) is 0 Å². The quantitative estimate of drug-likeness (QED) is 0.291. The number of hydrogen-bond acceptors (Lipinski definition) is 5. The van der Waals surface area contributed by atoms with Crippen LogP contribution in [0, 0.1) is 0 Å². The van der Waals surface area contributed by atoms with Gasteiger partial charge in [0.1, 0.15) is 11.5 Å². The highest BCUT2D eigenvalue weighted by molar-refractivity contribution is 5.37. The lowest BCUT2D eigenvalue weighted by Gasteiger charge is -2.39. The average molecular weight is 589 g/mol. The van der Waals surface area contributed by atoms with Gasteiger partial charge in [-0.15, -0.1) is 0 Å². The van der Waals surface area contributed by atoms with Crippen molar-refractivity contribution >= 4 is 0 Å². The van der Waals surface area contributed by atoms with Crippen molar-refractivity contribution in [2.75, 3.05) is 53.5 Å². The van der Waals surface area contributed by atoms with Crippen LogP contribution in [0.15, 0.2) is 48.5 Å². The first-order chi connectivity index (χ1) is 19.5. The van der Waals surface area contributed by atoms with Crippen LogP contribution in [0.3, 0.4) is 0 Å². The first kappa shape index (κ1) is 31.4. The van der Waals surface area contributed by atoms with E-state index in [2.05, 4.69) is 0 Å². The minimum Gasteiger partial charge on any atom is -0.496 e. The van der Waals surface area contributed by atoms with E-state index in [1.807, 2.05) is 36.4 Å². The van der Waals surface area contributed by atoms with Crippen molar-refractivity contribution in [1.82, 2.24) is 9.80 Å². The SMILES string of the molecule is COc1ccccc1C1CCCN(CC(OC(CN2CCCC(c3ccccc3OC)C2)C(F)(F)F)C(F)(F)F)C1. The molecule has 0 aromatic heterocycles. The van der Waals surface area contributed by atoms with Crippen LogP contribution in [0.2, 0.25) is 0 Å². The summed E-state index contributed by atoms with van der Waals surface area (Å²) >= 11 is 0. The molecule has 0 N–H and O–H groups in total. The molecule has 228 valence electrons. The highest BCUT2D eigenvalue weighted by Gasteiger charge is 2.50. The number of hydrogen-bond donors (Lipinski definition) is 0. The normalized spacial score (nSPS) is 22.7. The Kier molecular flexibility index (Phi) is 10.5. The van der Waals surface area contributed by atoms with Gasteiger partial charge in [-0.05, 0) is 62.0 Å². The summed E-state index contributed by atoms with van der Waals surface area (Å²) in [5.41, 5.74) is 1.76. The molecule has 4 rings (SSSR count). The number of nitrogens with zero attached hydrogens (tertiary/aromatic N) is 2. The zero-order valence-corrected chi connectivity index (χ0v) is 23.4. The number of benzene rings is 2. The summed E-state index contributed by atoms with van der Waals surface area (Å²) in [6, 6.07) is 14.6. The van der Waals surface area contributed by atoms with Gasteiger partial charge in [0, 0.05) is 38.0 Å². The second-order valence-corrected chi connectivity index (χ2v) is 10.9. The minimum atomic E-state index is -4.96. The molecular weight excluding hydrogens is 550 g/mol. The smallest absolute Gasteiger partial charge is 0.415 e. The van der Waals surface area contributed by atoms with E-state index in [1.165, 1.54) is 14.2 Å². The van der Waals surface area contributed by atoms with Crippen LogP contribution >= 0.6 is 0 Å². The summed E-state index contributed by atoms with van der Waals surface area (Å²) in [5.74, 6) is 1.11. The molecule has 0 radical (unpaired) electrons. The van der Waals surface area contributed by atoms with Gasteiger partial charge in [-0.25, -0.2) is 0 Å². The maximum absolute atomic E-state index is 14.1. The fourth-order valence-corrected chi connectivity index (χ4v) is 6.07. The van der Waals surface area contributed by atoms with Crippen LogP contribution in [0.1, 0.15) is 48.6 Å². The van der Waals surface area contributed by atoms with Crippen molar-refractivity contribution in [1.29, 1.82) is 0 Å². The third kappa shape index (κ3) is 8.29. The molecular formula is C30H38F6N2O3. The van der Waals surface area contributed by atoms with Gasteiger partial charge in [-0.1, -0.05) is 36.4 Å². The second kappa shape index (κ2) is 13.6. The summed E-state index contributed by atoms with van der Waals surface area (Å²) in [4.78, 5) is 3.12. The molecule has 0 bridgehead atoms. The van der Waals surface area contributed by atoms with Crippen molar-refractivity contribution in [3.63, 3.8) is 0 Å². The van der Waals surface area contributed by atoms with Gasteiger partial charge in [0.2, 0.25) is 0 Å². The number of halogens is 6. The first-order valence-corrected chi connectivity index (χ1v) is 14.0. The topological polar surface area (TPSA) is 34.2 Å². The Hall–Kier alpha value is -2.50. The molecule has 2 aliphatic rings. The maximum atomic E-state index is 14.1. The molecule has 0 amide bonds. The number of piperidine rings is 2. The number of ether oxygens (including phenoxy) is 3. The molecule has 2 aliphatic heterocycles. The van der Waals surface area contributed by atoms with E-state index in [9.17, 15) is 26.3 Å². The van der Waals surface area contributed by atoms with Gasteiger partial charge in [-0.3, -0.25) is 9.80 Å². The number of likely N-dealkylation sites (tertiary alicyclic amines) is 2. The number of para-hydroxylation sites is 2. The predicted octanol–water partition coefficient (Wildman–Crippen LogP) is 6.64. The molecule has 5 nitrogen and oxygen atoms in total. The van der Waals surface area contributed by atoms with Gasteiger partial charge in [0.05, 0.1) is 14.2 Å². The third-order valence-electron chi connectivity index (χ3n) is 8.08.